The van der Waals surface area contributed by atoms with Crippen molar-refractivity contribution in [2.24, 2.45) is 0 Å². The Kier molecular flexibility index (Phi) is 4.81. The number of unbranched alkanes of at least 4 members (excludes halogenated alkanes) is 2. The highest BCUT2D eigenvalue weighted by Crippen LogP contribution is 2.22. The lowest BCUT2D eigenvalue weighted by Crippen LogP contribution is -1.90. The summed E-state index contributed by atoms with van der Waals surface area (Å²) in [6.45, 7) is 4.52. The summed E-state index contributed by atoms with van der Waals surface area (Å²) in [6.07, 6.45) is 7.56. The normalized spacial score (nSPS) is 11.0. The van der Waals surface area contributed by atoms with Gasteiger partial charge in [0, 0.05) is 0 Å². The summed E-state index contributed by atoms with van der Waals surface area (Å²) in [4.78, 5) is 0. The monoisotopic (exact) mass is 240 g/mol. The van der Waals surface area contributed by atoms with Crippen LogP contribution in [0.2, 0.25) is 0 Å². The quantitative estimate of drug-likeness (QED) is 0.623. The van der Waals surface area contributed by atoms with Gasteiger partial charge in [-0.3, -0.25) is 0 Å². The van der Waals surface area contributed by atoms with Gasteiger partial charge in [-0.2, -0.15) is 0 Å². The molecule has 2 aromatic rings. The number of hydrogen-bond acceptors (Lipinski definition) is 0. The Morgan fingerprint density at radius 1 is 0.833 bits per heavy atom. The van der Waals surface area contributed by atoms with Gasteiger partial charge in [0.2, 0.25) is 0 Å². The first kappa shape index (κ1) is 13.1. The van der Waals surface area contributed by atoms with Crippen LogP contribution >= 0.6 is 0 Å². The van der Waals surface area contributed by atoms with Crippen LogP contribution in [0.25, 0.3) is 10.8 Å². The van der Waals surface area contributed by atoms with E-state index in [4.69, 9.17) is 0 Å². The average molecular weight is 240 g/mol. The molecule has 0 amide bonds. The van der Waals surface area contributed by atoms with E-state index >= 15 is 0 Å². The Morgan fingerprint density at radius 3 is 2.39 bits per heavy atom. The van der Waals surface area contributed by atoms with Crippen molar-refractivity contribution in [1.29, 1.82) is 0 Å². The van der Waals surface area contributed by atoms with Crippen LogP contribution in [0.5, 0.6) is 0 Å². The Balaban J connectivity index is 2.32. The van der Waals surface area contributed by atoms with Crippen LogP contribution in [0.15, 0.2) is 36.4 Å². The summed E-state index contributed by atoms with van der Waals surface area (Å²) in [6, 6.07) is 13.7. The third-order valence-electron chi connectivity index (χ3n) is 3.66. The van der Waals surface area contributed by atoms with E-state index in [-0.39, 0.29) is 0 Å². The van der Waals surface area contributed by atoms with Crippen molar-refractivity contribution in [3.8, 4) is 0 Å². The molecule has 0 heteroatoms. The van der Waals surface area contributed by atoms with E-state index in [1.54, 1.807) is 0 Å². The van der Waals surface area contributed by atoms with Crippen molar-refractivity contribution in [3.63, 3.8) is 0 Å². The summed E-state index contributed by atoms with van der Waals surface area (Å²) in [5.74, 6) is 0. The van der Waals surface area contributed by atoms with Gasteiger partial charge in [-0.1, -0.05) is 63.1 Å². The molecule has 96 valence electrons. The number of fused-ring (bicyclic) bond motifs is 1. The third kappa shape index (κ3) is 3.13. The van der Waals surface area contributed by atoms with Gasteiger partial charge in [-0.05, 0) is 47.6 Å². The average Bonchev–Trinajstić information content (AvgIpc) is 2.42. The molecule has 0 bridgehead atoms. The van der Waals surface area contributed by atoms with Gasteiger partial charge in [-0.15, -0.1) is 0 Å². The molecule has 0 aromatic heterocycles. The fourth-order valence-electron chi connectivity index (χ4n) is 2.51. The summed E-state index contributed by atoms with van der Waals surface area (Å²) < 4.78 is 0. The lowest BCUT2D eigenvalue weighted by atomic mass is 9.97. The van der Waals surface area contributed by atoms with Crippen LogP contribution in [0.1, 0.15) is 50.7 Å². The van der Waals surface area contributed by atoms with Crippen molar-refractivity contribution < 1.29 is 0 Å². The molecule has 0 spiro atoms. The maximum absolute atomic E-state index is 2.41. The first-order chi connectivity index (χ1) is 8.85. The first-order valence-corrected chi connectivity index (χ1v) is 7.35. The van der Waals surface area contributed by atoms with Crippen LogP contribution < -0.4 is 0 Å². The second kappa shape index (κ2) is 6.58. The molecule has 0 radical (unpaired) electrons. The molecule has 0 aliphatic heterocycles. The minimum atomic E-state index is 1.21. The molecule has 0 saturated carbocycles. The fraction of sp³-hybridized carbons (Fsp3) is 0.444. The van der Waals surface area contributed by atoms with Gasteiger partial charge >= 0.3 is 0 Å². The van der Waals surface area contributed by atoms with E-state index in [9.17, 15) is 0 Å². The van der Waals surface area contributed by atoms with E-state index < -0.39 is 0 Å². The summed E-state index contributed by atoms with van der Waals surface area (Å²) in [7, 11) is 0. The van der Waals surface area contributed by atoms with Gasteiger partial charge in [0.25, 0.3) is 0 Å². The molecule has 0 fully saturated rings. The molecule has 0 heterocycles. The second-order valence-electron chi connectivity index (χ2n) is 5.18. The van der Waals surface area contributed by atoms with Crippen LogP contribution in [0.4, 0.5) is 0 Å². The number of benzene rings is 2. The topological polar surface area (TPSA) is 0 Å². The van der Waals surface area contributed by atoms with E-state index in [0.717, 1.165) is 0 Å². The zero-order chi connectivity index (χ0) is 12.8. The highest BCUT2D eigenvalue weighted by atomic mass is 14.1. The third-order valence-corrected chi connectivity index (χ3v) is 3.66. The Hall–Kier alpha value is -1.30. The second-order valence-corrected chi connectivity index (χ2v) is 5.18. The van der Waals surface area contributed by atoms with Crippen LogP contribution in [0.3, 0.4) is 0 Å². The van der Waals surface area contributed by atoms with Gasteiger partial charge in [-0.25, -0.2) is 0 Å². The lowest BCUT2D eigenvalue weighted by Gasteiger charge is -2.08. The molecule has 0 saturated heterocycles. The molecule has 0 atom stereocenters. The molecule has 0 aliphatic rings. The van der Waals surface area contributed by atoms with Crippen molar-refractivity contribution in [3.05, 3.63) is 47.5 Å². The molecular weight excluding hydrogens is 216 g/mol. The van der Waals surface area contributed by atoms with E-state index in [0.29, 0.717) is 0 Å². The van der Waals surface area contributed by atoms with Crippen LogP contribution in [0, 0.1) is 0 Å². The van der Waals surface area contributed by atoms with E-state index in [2.05, 4.69) is 50.2 Å². The van der Waals surface area contributed by atoms with E-state index in [1.807, 2.05) is 0 Å². The SMILES string of the molecule is CCCCc1ccc2cccc(CCCC)c2c1. The molecule has 0 unspecified atom stereocenters. The number of hydrogen-bond donors (Lipinski definition) is 0. The Morgan fingerprint density at radius 2 is 1.61 bits per heavy atom. The molecule has 2 rings (SSSR count). The molecule has 2 aromatic carbocycles. The van der Waals surface area contributed by atoms with Gasteiger partial charge in [0.1, 0.15) is 0 Å². The van der Waals surface area contributed by atoms with Gasteiger partial charge in [0.05, 0.1) is 0 Å². The van der Waals surface area contributed by atoms with Gasteiger partial charge < -0.3 is 0 Å². The number of aryl methyl sites for hydroxylation is 2. The fourth-order valence-corrected chi connectivity index (χ4v) is 2.51. The standard InChI is InChI=1S/C18H24/c1-3-5-8-15-12-13-17-11-7-10-16(9-6-4-2)18(17)14-15/h7,10-14H,3-6,8-9H2,1-2H3. The highest BCUT2D eigenvalue weighted by Gasteiger charge is 2.02. The molecule has 0 nitrogen and oxygen atoms in total. The smallest absolute Gasteiger partial charge is 0.0149 e. The van der Waals surface area contributed by atoms with Crippen molar-refractivity contribution in [1.82, 2.24) is 0 Å². The summed E-state index contributed by atoms with van der Waals surface area (Å²) in [5, 5.41) is 2.86. The summed E-state index contributed by atoms with van der Waals surface area (Å²) >= 11 is 0. The van der Waals surface area contributed by atoms with E-state index in [1.165, 1.54) is 60.4 Å². The summed E-state index contributed by atoms with van der Waals surface area (Å²) in [5.41, 5.74) is 3.01. The molecular formula is C18H24. The van der Waals surface area contributed by atoms with Crippen molar-refractivity contribution >= 4 is 10.8 Å². The predicted octanol–water partition coefficient (Wildman–Crippen LogP) is 5.53. The van der Waals surface area contributed by atoms with Crippen molar-refractivity contribution in [2.45, 2.75) is 52.4 Å². The minimum absolute atomic E-state index is 1.21. The first-order valence-electron chi connectivity index (χ1n) is 7.35. The minimum Gasteiger partial charge on any atom is -0.0654 e. The zero-order valence-electron chi connectivity index (χ0n) is 11.7. The van der Waals surface area contributed by atoms with Crippen LogP contribution in [-0.2, 0) is 12.8 Å². The predicted molar refractivity (Wildman–Crippen MR) is 81.2 cm³/mol. The largest absolute Gasteiger partial charge is 0.0654 e. The maximum atomic E-state index is 2.41. The highest BCUT2D eigenvalue weighted by molar-refractivity contribution is 5.86. The Labute approximate surface area is 111 Å². The van der Waals surface area contributed by atoms with Gasteiger partial charge in [0.15, 0.2) is 0 Å². The van der Waals surface area contributed by atoms with Crippen LogP contribution in [-0.4, -0.2) is 0 Å². The van der Waals surface area contributed by atoms with Crippen molar-refractivity contribution in [2.75, 3.05) is 0 Å². The Bertz CT molecular complexity index is 496. The maximum Gasteiger partial charge on any atom is -0.0149 e. The lowest BCUT2D eigenvalue weighted by molar-refractivity contribution is 0.793. The zero-order valence-corrected chi connectivity index (χ0v) is 11.7. The molecule has 0 aliphatic carbocycles. The molecule has 0 N–H and O–H groups in total. The number of rotatable bonds is 6. The molecule has 18 heavy (non-hydrogen) atoms.